The summed E-state index contributed by atoms with van der Waals surface area (Å²) in [6.45, 7) is 0. The number of halogens is 3. The minimum atomic E-state index is -1.54. The van der Waals surface area contributed by atoms with Crippen molar-refractivity contribution in [2.45, 2.75) is 4.90 Å². The first-order chi connectivity index (χ1) is 5.08. The van der Waals surface area contributed by atoms with E-state index in [2.05, 4.69) is 58.0 Å². The molecule has 0 aliphatic rings. The van der Waals surface area contributed by atoms with Crippen LogP contribution in [0.25, 0.3) is 0 Å². The number of benzene rings is 1. The molecule has 0 aromatic heterocycles. The summed E-state index contributed by atoms with van der Waals surface area (Å²) in [6.07, 6.45) is 0. The molecule has 0 saturated heterocycles. The van der Waals surface area contributed by atoms with Crippen molar-refractivity contribution in [1.82, 2.24) is 0 Å². The van der Waals surface area contributed by atoms with Gasteiger partial charge in [0.2, 0.25) is 0 Å². The fourth-order valence-corrected chi connectivity index (χ4v) is 7.44. The van der Waals surface area contributed by atoms with Gasteiger partial charge in [-0.25, -0.2) is 0 Å². The van der Waals surface area contributed by atoms with Crippen LogP contribution in [-0.2, 0) is 0 Å². The molecule has 0 aliphatic carbocycles. The van der Waals surface area contributed by atoms with Gasteiger partial charge in [-0.15, -0.1) is 11.2 Å². The topological polar surface area (TPSA) is 0 Å². The van der Waals surface area contributed by atoms with Crippen molar-refractivity contribution in [2.24, 2.45) is 0 Å². The average Bonchev–Trinajstić information content (AvgIpc) is 1.85. The Hall–Kier alpha value is 1.23. The Morgan fingerprint density at radius 3 is 2.00 bits per heavy atom. The highest BCUT2D eigenvalue weighted by Gasteiger charge is 2.23. The molecule has 1 aromatic rings. The Morgan fingerprint density at radius 2 is 1.55 bits per heavy atom. The maximum atomic E-state index is 3.55. The van der Waals surface area contributed by atoms with Gasteiger partial charge in [0, 0.05) is 4.90 Å². The zero-order valence-corrected chi connectivity index (χ0v) is 12.0. The quantitative estimate of drug-likeness (QED) is 0.544. The highest BCUT2D eigenvalue weighted by molar-refractivity contribution is 9.78. The van der Waals surface area contributed by atoms with Gasteiger partial charge in [-0.1, -0.05) is 64.1 Å². The van der Waals surface area contributed by atoms with Crippen LogP contribution in [0, 0.1) is 0 Å². The van der Waals surface area contributed by atoms with Crippen LogP contribution in [-0.4, -0.2) is 3.08 Å². The lowest BCUT2D eigenvalue weighted by Gasteiger charge is -2.07. The Morgan fingerprint density at radius 1 is 1.00 bits per heavy atom. The van der Waals surface area contributed by atoms with Crippen LogP contribution in [0.5, 0.6) is 0 Å². The van der Waals surface area contributed by atoms with Gasteiger partial charge < -0.3 is 0 Å². The van der Waals surface area contributed by atoms with Crippen LogP contribution in [0.1, 0.15) is 0 Å². The van der Waals surface area contributed by atoms with Crippen LogP contribution in [0.3, 0.4) is 0 Å². The highest BCUT2D eigenvalue weighted by Crippen LogP contribution is 2.43. The van der Waals surface area contributed by atoms with Crippen LogP contribution < -0.4 is 0 Å². The Kier molecular flexibility index (Phi) is 4.18. The molecular formula is C6H5Br3SSi. The zero-order valence-electron chi connectivity index (χ0n) is 5.43. The van der Waals surface area contributed by atoms with Crippen molar-refractivity contribution in [2.75, 3.05) is 0 Å². The Labute approximate surface area is 94.5 Å². The standard InChI is InChI=1S/C6H5Br3SSi/c7-11(8,9)10-6-4-2-1-3-5-6/h1-5H. The lowest BCUT2D eigenvalue weighted by atomic mass is 10.4. The van der Waals surface area contributed by atoms with Gasteiger partial charge in [0.05, 0.1) is 0 Å². The maximum absolute atomic E-state index is 3.55. The minimum Gasteiger partial charge on any atom is -0.115 e. The summed E-state index contributed by atoms with van der Waals surface area (Å²) in [5, 5.41) is 0. The normalized spacial score (nSPS) is 11.5. The summed E-state index contributed by atoms with van der Waals surface area (Å²) in [4.78, 5) is 1.27. The monoisotopic (exact) mass is 374 g/mol. The molecule has 0 N–H and O–H groups in total. The first kappa shape index (κ1) is 10.3. The summed E-state index contributed by atoms with van der Waals surface area (Å²) in [7, 11) is 0. The van der Waals surface area contributed by atoms with E-state index in [1.54, 1.807) is 11.2 Å². The fraction of sp³-hybridized carbons (Fsp3) is 0. The molecule has 0 unspecified atom stereocenters. The van der Waals surface area contributed by atoms with Gasteiger partial charge in [-0.05, 0) is 12.1 Å². The minimum absolute atomic E-state index is 1.27. The van der Waals surface area contributed by atoms with Gasteiger partial charge in [0.25, 0.3) is 0 Å². The molecule has 0 bridgehead atoms. The van der Waals surface area contributed by atoms with E-state index in [9.17, 15) is 0 Å². The Bertz CT molecular complexity index is 221. The van der Waals surface area contributed by atoms with E-state index in [0.717, 1.165) is 0 Å². The molecule has 5 heteroatoms. The molecule has 0 fully saturated rings. The van der Waals surface area contributed by atoms with E-state index in [1.807, 2.05) is 18.2 Å². The molecule has 60 valence electrons. The second-order valence-electron chi connectivity index (χ2n) is 1.86. The van der Waals surface area contributed by atoms with Crippen LogP contribution in [0.4, 0.5) is 0 Å². The van der Waals surface area contributed by atoms with Crippen molar-refractivity contribution >= 4 is 60.2 Å². The molecule has 0 nitrogen and oxygen atoms in total. The molecule has 1 rings (SSSR count). The molecule has 0 heterocycles. The molecule has 0 aliphatic heterocycles. The lowest BCUT2D eigenvalue weighted by molar-refractivity contribution is 1.48. The molecule has 11 heavy (non-hydrogen) atoms. The second kappa shape index (κ2) is 4.46. The molecule has 1 aromatic carbocycles. The lowest BCUT2D eigenvalue weighted by Crippen LogP contribution is -1.97. The van der Waals surface area contributed by atoms with E-state index in [0.29, 0.717) is 0 Å². The van der Waals surface area contributed by atoms with Gasteiger partial charge in [-0.3, -0.25) is 0 Å². The van der Waals surface area contributed by atoms with Crippen molar-refractivity contribution < 1.29 is 0 Å². The molecular weight excluding hydrogens is 372 g/mol. The third-order valence-corrected chi connectivity index (χ3v) is 7.49. The average molecular weight is 377 g/mol. The number of rotatable bonds is 2. The predicted molar refractivity (Wildman–Crippen MR) is 64.8 cm³/mol. The summed E-state index contributed by atoms with van der Waals surface area (Å²) in [6, 6.07) is 10.3. The molecule has 0 amide bonds. The fourth-order valence-electron chi connectivity index (χ4n) is 0.622. The summed E-state index contributed by atoms with van der Waals surface area (Å²) in [5.41, 5.74) is 0. The zero-order chi connectivity index (χ0) is 8.32. The Balaban J connectivity index is 2.66. The van der Waals surface area contributed by atoms with E-state index in [1.165, 1.54) is 4.90 Å². The number of hydrogen-bond acceptors (Lipinski definition) is 1. The number of hydrogen-bond donors (Lipinski definition) is 0. The van der Waals surface area contributed by atoms with Crippen molar-refractivity contribution in [3.8, 4) is 0 Å². The first-order valence-electron chi connectivity index (χ1n) is 2.89. The largest absolute Gasteiger partial charge is 0.332 e. The first-order valence-corrected chi connectivity index (χ1v) is 13.2. The van der Waals surface area contributed by atoms with Gasteiger partial charge in [-0.2, -0.15) is 0 Å². The van der Waals surface area contributed by atoms with Crippen molar-refractivity contribution in [3.05, 3.63) is 30.3 Å². The maximum Gasteiger partial charge on any atom is 0.332 e. The van der Waals surface area contributed by atoms with Gasteiger partial charge >= 0.3 is 3.08 Å². The van der Waals surface area contributed by atoms with Crippen LogP contribution in [0.2, 0.25) is 0 Å². The smallest absolute Gasteiger partial charge is 0.115 e. The third kappa shape index (κ3) is 4.72. The molecule has 0 spiro atoms. The van der Waals surface area contributed by atoms with Crippen LogP contribution >= 0.6 is 57.1 Å². The van der Waals surface area contributed by atoms with Crippen LogP contribution in [0.15, 0.2) is 35.2 Å². The summed E-state index contributed by atoms with van der Waals surface area (Å²) >= 11 is 12.4. The second-order valence-corrected chi connectivity index (χ2v) is 30.9. The van der Waals surface area contributed by atoms with E-state index in [4.69, 9.17) is 0 Å². The van der Waals surface area contributed by atoms with E-state index in [-0.39, 0.29) is 0 Å². The summed E-state index contributed by atoms with van der Waals surface area (Å²) < 4.78 is -1.54. The highest BCUT2D eigenvalue weighted by atomic mass is 80.0. The molecule has 0 radical (unpaired) electrons. The van der Waals surface area contributed by atoms with Crippen molar-refractivity contribution in [3.63, 3.8) is 0 Å². The molecule has 0 saturated carbocycles. The third-order valence-electron chi connectivity index (χ3n) is 0.977. The van der Waals surface area contributed by atoms with Crippen molar-refractivity contribution in [1.29, 1.82) is 0 Å². The van der Waals surface area contributed by atoms with Gasteiger partial charge in [0.1, 0.15) is 0 Å². The molecule has 0 atom stereocenters. The predicted octanol–water partition coefficient (Wildman–Crippen LogP) is 4.40. The van der Waals surface area contributed by atoms with E-state index >= 15 is 0 Å². The summed E-state index contributed by atoms with van der Waals surface area (Å²) in [5.74, 6) is 0. The SMILES string of the molecule is Br[Si](Br)(Br)Sc1ccccc1. The van der Waals surface area contributed by atoms with E-state index < -0.39 is 3.08 Å². The van der Waals surface area contributed by atoms with Gasteiger partial charge in [0.15, 0.2) is 0 Å².